The molecule has 320 valence electrons. The minimum Gasteiger partial charge on any atom is -0.481 e. The molecule has 12 atom stereocenters. The minimum absolute atomic E-state index is 0.0308. The van der Waals surface area contributed by atoms with Crippen LogP contribution in [0.3, 0.4) is 0 Å². The van der Waals surface area contributed by atoms with Crippen LogP contribution in [0.5, 0.6) is 0 Å². The van der Waals surface area contributed by atoms with Crippen LogP contribution in [-0.4, -0.2) is 90.4 Å². The van der Waals surface area contributed by atoms with Gasteiger partial charge >= 0.3 is 11.9 Å². The largest absolute Gasteiger partial charge is 0.481 e. The van der Waals surface area contributed by atoms with Crippen LogP contribution in [0.15, 0.2) is 0 Å². The van der Waals surface area contributed by atoms with Crippen LogP contribution < -0.4 is 5.32 Å². The van der Waals surface area contributed by atoms with Crippen LogP contribution in [0, 0.1) is 62.1 Å². The molecule has 7 rings (SSSR count). The Balaban J connectivity index is 1.09. The number of nitrogens with zero attached hydrogens (tertiary/aromatic N) is 1. The number of sulfone groups is 1. The van der Waals surface area contributed by atoms with Gasteiger partial charge in [-0.2, -0.15) is 0 Å². The molecule has 0 aromatic rings. The van der Waals surface area contributed by atoms with E-state index in [0.29, 0.717) is 42.2 Å². The van der Waals surface area contributed by atoms with Crippen LogP contribution in [-0.2, 0) is 24.2 Å². The van der Waals surface area contributed by atoms with E-state index in [1.54, 1.807) is 0 Å². The SMILES string of the molecule is C[C@H](O)[C@@H](CCN[C@]12CC[C@@H](C3(C)CC3)[C@@H]1[C@H]1CC[C@@H]3[C@@]4(C)CC[C@H](OC(=O)CC(C)(C)CC(=O)O)C(C)(C)[C@@H]4CC[C@@]3(C)[C@]1(C)CC2)N1CCS(=O)(=O)CC1. The van der Waals surface area contributed by atoms with Gasteiger partial charge < -0.3 is 20.3 Å². The van der Waals surface area contributed by atoms with Gasteiger partial charge in [0.05, 0.1) is 30.5 Å². The topological polar surface area (TPSA) is 133 Å². The molecule has 0 aromatic heterocycles. The number of aliphatic carboxylic acids is 1. The molecule has 3 N–H and O–H groups in total. The number of carbonyl (C=O) groups is 2. The van der Waals surface area contributed by atoms with Gasteiger partial charge in [0.25, 0.3) is 0 Å². The molecule has 1 aliphatic heterocycles. The van der Waals surface area contributed by atoms with Gasteiger partial charge in [0.2, 0.25) is 0 Å². The fraction of sp³-hybridized carbons (Fsp3) is 0.957. The Bertz CT molecular complexity index is 1610. The molecule has 0 aromatic carbocycles. The van der Waals surface area contributed by atoms with Gasteiger partial charge in [-0.05, 0) is 154 Å². The standard InChI is InChI=1S/C46H78N2O7S/c1-30(49)33(48-24-26-56(53,54)27-25-48)15-23-47-46-18-12-31(42(6)19-20-42)39(46)32-10-11-35-43(7)16-14-36(55-38(52)29-40(2,3)28-37(50)51)41(4,5)34(43)13-17-45(35,9)44(32,8)21-22-46/h30-36,39,47,49H,10-29H2,1-9H3,(H,50,51)/t30-,31+,32+,33+,34-,35+,36-,39+,43-,44+,45+,46-/m0/s1. The summed E-state index contributed by atoms with van der Waals surface area (Å²) in [6.45, 7) is 22.7. The molecule has 0 unspecified atom stereocenters. The Kier molecular flexibility index (Phi) is 11.1. The summed E-state index contributed by atoms with van der Waals surface area (Å²) >= 11 is 0. The summed E-state index contributed by atoms with van der Waals surface area (Å²) in [7, 11) is -2.97. The highest BCUT2D eigenvalue weighted by molar-refractivity contribution is 7.91. The average Bonchev–Trinajstić information content (AvgIpc) is 3.70. The highest BCUT2D eigenvalue weighted by Crippen LogP contribution is 2.77. The Morgan fingerprint density at radius 3 is 2.12 bits per heavy atom. The van der Waals surface area contributed by atoms with Crippen molar-refractivity contribution >= 4 is 21.8 Å². The number of carboxylic acids is 1. The van der Waals surface area contributed by atoms with E-state index in [-0.39, 0.29) is 69.7 Å². The quantitative estimate of drug-likeness (QED) is 0.169. The Morgan fingerprint density at radius 1 is 0.821 bits per heavy atom. The number of hydrogen-bond acceptors (Lipinski definition) is 8. The summed E-state index contributed by atoms with van der Waals surface area (Å²) < 4.78 is 30.7. The summed E-state index contributed by atoms with van der Waals surface area (Å²) in [5, 5.41) is 24.6. The number of rotatable bonds is 12. The zero-order chi connectivity index (χ0) is 40.9. The number of aliphatic hydroxyl groups is 1. The first-order valence-corrected chi connectivity index (χ1v) is 24.5. The normalized spacial score (nSPS) is 43.6. The van der Waals surface area contributed by atoms with Crippen LogP contribution >= 0.6 is 0 Å². The Hall–Kier alpha value is -1.23. The number of aliphatic hydroxyl groups excluding tert-OH is 1. The third-order valence-electron chi connectivity index (χ3n) is 19.2. The van der Waals surface area contributed by atoms with Crippen molar-refractivity contribution in [1.82, 2.24) is 10.2 Å². The second kappa shape index (κ2) is 14.5. The lowest BCUT2D eigenvalue weighted by Gasteiger charge is -2.73. The number of hydrogen-bond donors (Lipinski definition) is 3. The molecule has 1 heterocycles. The molecule has 9 nitrogen and oxygen atoms in total. The highest BCUT2D eigenvalue weighted by Gasteiger charge is 2.72. The van der Waals surface area contributed by atoms with Crippen molar-refractivity contribution in [1.29, 1.82) is 0 Å². The smallest absolute Gasteiger partial charge is 0.306 e. The summed E-state index contributed by atoms with van der Waals surface area (Å²) in [6, 6.07) is -0.0308. The van der Waals surface area contributed by atoms with Crippen molar-refractivity contribution in [2.45, 2.75) is 182 Å². The van der Waals surface area contributed by atoms with Gasteiger partial charge in [0, 0.05) is 30.1 Å². The lowest BCUT2D eigenvalue weighted by Crippen LogP contribution is -2.69. The van der Waals surface area contributed by atoms with E-state index in [1.807, 2.05) is 20.8 Å². The zero-order valence-electron chi connectivity index (χ0n) is 36.6. The van der Waals surface area contributed by atoms with E-state index in [4.69, 9.17) is 4.74 Å². The number of fused-ring (bicyclic) bond motifs is 7. The molecule has 0 bridgehead atoms. The predicted octanol–water partition coefficient (Wildman–Crippen LogP) is 7.88. The molecule has 6 saturated carbocycles. The minimum atomic E-state index is -2.97. The molecule has 10 heteroatoms. The van der Waals surface area contributed by atoms with Crippen LogP contribution in [0.2, 0.25) is 0 Å². The average molecular weight is 803 g/mol. The molecular weight excluding hydrogens is 725 g/mol. The first-order chi connectivity index (χ1) is 25.9. The van der Waals surface area contributed by atoms with Crippen molar-refractivity contribution in [3.63, 3.8) is 0 Å². The fourth-order valence-electron chi connectivity index (χ4n) is 15.8. The van der Waals surface area contributed by atoms with Crippen molar-refractivity contribution in [3.05, 3.63) is 0 Å². The highest BCUT2D eigenvalue weighted by atomic mass is 32.2. The molecule has 1 saturated heterocycles. The Labute approximate surface area is 339 Å². The molecular formula is C46H78N2O7S. The van der Waals surface area contributed by atoms with E-state index in [0.717, 1.165) is 38.1 Å². The van der Waals surface area contributed by atoms with Gasteiger partial charge in [-0.15, -0.1) is 0 Å². The Morgan fingerprint density at radius 2 is 1.50 bits per heavy atom. The second-order valence-electron chi connectivity index (χ2n) is 23.1. The van der Waals surface area contributed by atoms with Gasteiger partial charge in [-0.25, -0.2) is 8.42 Å². The fourth-order valence-corrected chi connectivity index (χ4v) is 17.0. The maximum Gasteiger partial charge on any atom is 0.306 e. The third kappa shape index (κ3) is 7.24. The summed E-state index contributed by atoms with van der Waals surface area (Å²) in [4.78, 5) is 27.0. The van der Waals surface area contributed by atoms with E-state index < -0.39 is 27.3 Å². The van der Waals surface area contributed by atoms with Gasteiger partial charge in [-0.3, -0.25) is 14.5 Å². The summed E-state index contributed by atoms with van der Waals surface area (Å²) in [6.07, 6.45) is 14.9. The van der Waals surface area contributed by atoms with Gasteiger partial charge in [0.1, 0.15) is 6.10 Å². The van der Waals surface area contributed by atoms with E-state index in [2.05, 4.69) is 51.8 Å². The number of nitrogens with one attached hydrogen (secondary N) is 1. The molecule has 0 radical (unpaired) electrons. The molecule has 0 spiro atoms. The van der Waals surface area contributed by atoms with E-state index in [1.165, 1.54) is 57.8 Å². The third-order valence-corrected chi connectivity index (χ3v) is 20.8. The predicted molar refractivity (Wildman–Crippen MR) is 221 cm³/mol. The first-order valence-electron chi connectivity index (χ1n) is 22.7. The lowest BCUT2D eigenvalue weighted by atomic mass is 9.32. The van der Waals surface area contributed by atoms with Crippen molar-refractivity contribution < 1.29 is 33.0 Å². The maximum atomic E-state index is 13.3. The lowest BCUT2D eigenvalue weighted by molar-refractivity contribution is -0.248. The zero-order valence-corrected chi connectivity index (χ0v) is 37.4. The van der Waals surface area contributed by atoms with Crippen molar-refractivity contribution in [2.75, 3.05) is 31.1 Å². The van der Waals surface area contributed by atoms with Crippen molar-refractivity contribution in [2.24, 2.45) is 62.1 Å². The number of esters is 1. The van der Waals surface area contributed by atoms with E-state index >= 15 is 0 Å². The van der Waals surface area contributed by atoms with Crippen LogP contribution in [0.4, 0.5) is 0 Å². The number of carboxylic acid groups (broad SMARTS) is 1. The van der Waals surface area contributed by atoms with E-state index in [9.17, 15) is 28.2 Å². The van der Waals surface area contributed by atoms with Crippen molar-refractivity contribution in [3.8, 4) is 0 Å². The molecule has 7 aliphatic rings. The molecule has 6 aliphatic carbocycles. The molecule has 7 fully saturated rings. The first kappa shape index (κ1) is 42.9. The number of ether oxygens (including phenoxy) is 1. The molecule has 0 amide bonds. The molecule has 56 heavy (non-hydrogen) atoms. The second-order valence-corrected chi connectivity index (χ2v) is 25.4. The van der Waals surface area contributed by atoms with Gasteiger partial charge in [0.15, 0.2) is 9.84 Å². The van der Waals surface area contributed by atoms with Crippen LogP contribution in [0.25, 0.3) is 0 Å². The van der Waals surface area contributed by atoms with Crippen LogP contribution in [0.1, 0.15) is 159 Å². The maximum absolute atomic E-state index is 13.3. The summed E-state index contributed by atoms with van der Waals surface area (Å²) in [5.41, 5.74) is 0.438. The monoisotopic (exact) mass is 803 g/mol. The number of carbonyl (C=O) groups excluding carboxylic acids is 1. The summed E-state index contributed by atoms with van der Waals surface area (Å²) in [5.74, 6) is 2.40. The van der Waals surface area contributed by atoms with Gasteiger partial charge in [-0.1, -0.05) is 55.4 Å².